The van der Waals surface area contributed by atoms with Gasteiger partial charge in [0, 0.05) is 0 Å². The predicted octanol–water partition coefficient (Wildman–Crippen LogP) is -4.25. The summed E-state index contributed by atoms with van der Waals surface area (Å²) in [5.74, 6) is -0.720. The van der Waals surface area contributed by atoms with Crippen LogP contribution in [0.15, 0.2) is 12.4 Å². The summed E-state index contributed by atoms with van der Waals surface area (Å²) in [6.45, 7) is 2.69. The molecule has 2 heterocycles. The minimum atomic E-state index is -2.32. The van der Waals surface area contributed by atoms with Gasteiger partial charge in [0.15, 0.2) is 6.29 Å². The van der Waals surface area contributed by atoms with Crippen molar-refractivity contribution < 1.29 is 35.1 Å². The van der Waals surface area contributed by atoms with E-state index in [1.54, 1.807) is 0 Å². The molecule has 9 nitrogen and oxygen atoms in total. The molecular weight excluding hydrogens is 284 g/mol. The third-order valence-electron chi connectivity index (χ3n) is 4.86. The van der Waals surface area contributed by atoms with Gasteiger partial charge < -0.3 is 45.7 Å². The lowest BCUT2D eigenvalue weighted by Gasteiger charge is -2.57. The van der Waals surface area contributed by atoms with Gasteiger partial charge in [0.1, 0.15) is 35.7 Å². The highest BCUT2D eigenvalue weighted by Gasteiger charge is 2.74. The van der Waals surface area contributed by atoms with Gasteiger partial charge in [-0.3, -0.25) is 0 Å². The van der Waals surface area contributed by atoms with Crippen LogP contribution in [-0.2, 0) is 9.53 Å². The average molecular weight is 302 g/mol. The van der Waals surface area contributed by atoms with Crippen molar-refractivity contribution in [2.45, 2.75) is 41.8 Å². The first-order valence-corrected chi connectivity index (χ1v) is 6.54. The molecule has 2 saturated heterocycles. The predicted molar refractivity (Wildman–Crippen MR) is 66.4 cm³/mol. The van der Waals surface area contributed by atoms with Crippen molar-refractivity contribution >= 4 is 6.29 Å². The average Bonchev–Trinajstić information content (AvgIpc) is 2.68. The molecule has 7 N–H and O–H groups in total. The summed E-state index contributed by atoms with van der Waals surface area (Å²) < 4.78 is 5.44. The Hall–Kier alpha value is -1.23. The van der Waals surface area contributed by atoms with E-state index in [0.29, 0.717) is 6.29 Å². The molecule has 3 aliphatic rings. The number of aliphatic hydroxyl groups excluding tert-OH is 4. The molecule has 6 unspecified atom stereocenters. The zero-order chi connectivity index (χ0) is 15.6. The lowest BCUT2D eigenvalue weighted by Crippen LogP contribution is -2.82. The molecule has 1 aliphatic carbocycles. The van der Waals surface area contributed by atoms with Crippen molar-refractivity contribution in [2.75, 3.05) is 6.61 Å². The van der Waals surface area contributed by atoms with E-state index in [-0.39, 0.29) is 5.82 Å². The van der Waals surface area contributed by atoms with Gasteiger partial charge in [0.2, 0.25) is 0 Å². The van der Waals surface area contributed by atoms with Crippen LogP contribution in [0.3, 0.4) is 0 Å². The highest BCUT2D eigenvalue weighted by Crippen LogP contribution is 2.50. The maximum Gasteiger partial charge on any atom is 0.151 e. The molecule has 0 radical (unpaired) electrons. The number of hydrogen-bond donors (Lipinski definition) is 7. The molecule has 0 aromatic heterocycles. The number of aldehydes is 1. The van der Waals surface area contributed by atoms with E-state index in [4.69, 9.17) is 4.74 Å². The highest BCUT2D eigenvalue weighted by atomic mass is 16.5. The van der Waals surface area contributed by atoms with Crippen LogP contribution in [0.5, 0.6) is 0 Å². The first kappa shape index (κ1) is 14.7. The normalized spacial score (nSPS) is 55.4. The van der Waals surface area contributed by atoms with Crippen LogP contribution in [0.25, 0.3) is 0 Å². The van der Waals surface area contributed by atoms with Gasteiger partial charge >= 0.3 is 0 Å². The van der Waals surface area contributed by atoms with Crippen LogP contribution < -0.4 is 10.6 Å². The number of hydrogen-bond acceptors (Lipinski definition) is 9. The molecule has 0 amide bonds. The summed E-state index contributed by atoms with van der Waals surface area (Å²) in [6, 6.07) is 0. The number of rotatable bonds is 2. The second kappa shape index (κ2) is 4.38. The fourth-order valence-corrected chi connectivity index (χ4v) is 3.76. The fourth-order valence-electron chi connectivity index (χ4n) is 3.76. The van der Waals surface area contributed by atoms with Gasteiger partial charge in [-0.05, 0) is 0 Å². The number of nitrogens with one attached hydrogen (secondary N) is 2. The summed E-state index contributed by atoms with van der Waals surface area (Å²) in [5.41, 5.74) is -3.86. The van der Waals surface area contributed by atoms with Crippen LogP contribution >= 0.6 is 0 Å². The molecule has 3 rings (SSSR count). The van der Waals surface area contributed by atoms with Crippen LogP contribution in [0.4, 0.5) is 0 Å². The monoisotopic (exact) mass is 302 g/mol. The van der Waals surface area contributed by atoms with Crippen molar-refractivity contribution in [2.24, 2.45) is 5.92 Å². The number of aliphatic hydroxyl groups is 5. The third-order valence-corrected chi connectivity index (χ3v) is 4.86. The van der Waals surface area contributed by atoms with Crippen molar-refractivity contribution in [3.63, 3.8) is 0 Å². The lowest BCUT2D eigenvalue weighted by atomic mass is 9.60. The van der Waals surface area contributed by atoms with Crippen molar-refractivity contribution in [3.05, 3.63) is 12.4 Å². The second-order valence-electron chi connectivity index (χ2n) is 5.80. The second-order valence-corrected chi connectivity index (χ2v) is 5.80. The molecule has 9 heteroatoms. The van der Waals surface area contributed by atoms with E-state index < -0.39 is 54.3 Å². The van der Waals surface area contributed by atoms with E-state index in [9.17, 15) is 30.3 Å². The Labute approximate surface area is 119 Å². The molecule has 0 aromatic rings. The highest BCUT2D eigenvalue weighted by molar-refractivity contribution is 5.62. The fraction of sp³-hybridized carbons (Fsp3) is 0.750. The third kappa shape index (κ3) is 1.53. The SMILES string of the molecule is C=C1NC2O[C@H](C=O)C3(N1)C2C(O)C(O)(CO)C(O)[C@H]3O. The lowest BCUT2D eigenvalue weighted by molar-refractivity contribution is -0.261. The molecule has 21 heavy (non-hydrogen) atoms. The first-order valence-electron chi connectivity index (χ1n) is 6.54. The zero-order valence-electron chi connectivity index (χ0n) is 11.0. The molecule has 2 bridgehead atoms. The van der Waals surface area contributed by atoms with Gasteiger partial charge in [-0.2, -0.15) is 0 Å². The largest absolute Gasteiger partial charge is 0.393 e. The molecule has 0 spiro atoms. The van der Waals surface area contributed by atoms with Crippen LogP contribution in [0.1, 0.15) is 0 Å². The molecule has 2 aliphatic heterocycles. The maximum atomic E-state index is 11.3. The van der Waals surface area contributed by atoms with Crippen LogP contribution in [-0.4, -0.2) is 80.2 Å². The van der Waals surface area contributed by atoms with Crippen LogP contribution in [0, 0.1) is 5.92 Å². The molecule has 118 valence electrons. The quantitative estimate of drug-likeness (QED) is 0.251. The molecule has 3 fully saturated rings. The van der Waals surface area contributed by atoms with Gasteiger partial charge in [0.05, 0.1) is 24.4 Å². The summed E-state index contributed by atoms with van der Waals surface area (Å²) in [7, 11) is 0. The van der Waals surface area contributed by atoms with Gasteiger partial charge in [-0.25, -0.2) is 0 Å². The molecule has 8 atom stereocenters. The van der Waals surface area contributed by atoms with Gasteiger partial charge in [-0.1, -0.05) is 6.58 Å². The van der Waals surface area contributed by atoms with E-state index in [2.05, 4.69) is 17.2 Å². The van der Waals surface area contributed by atoms with Crippen molar-refractivity contribution in [1.29, 1.82) is 0 Å². The Bertz CT molecular complexity index is 488. The topological polar surface area (TPSA) is 152 Å². The smallest absolute Gasteiger partial charge is 0.151 e. The Morgan fingerprint density at radius 2 is 1.95 bits per heavy atom. The van der Waals surface area contributed by atoms with Gasteiger partial charge in [0.25, 0.3) is 0 Å². The standard InChI is InChI=1S/C12H18N2O7/c1-4-13-10-6-7(17)11(20,3-16)8(18)9(19)12(6,14-4)5(2-15)21-10/h2,5-10,13-14,16-20H,1,3H2/t5-,6?,7?,8?,9-,10?,11?,12?/m1/s1. The van der Waals surface area contributed by atoms with Gasteiger partial charge in [-0.15, -0.1) is 0 Å². The van der Waals surface area contributed by atoms with E-state index in [1.165, 1.54) is 0 Å². The minimum Gasteiger partial charge on any atom is -0.393 e. The number of ether oxygens (including phenoxy) is 1. The number of carbonyl (C=O) groups excluding carboxylic acids is 1. The molecule has 1 saturated carbocycles. The van der Waals surface area contributed by atoms with E-state index in [1.807, 2.05) is 0 Å². The summed E-state index contributed by atoms with van der Waals surface area (Å²) in [6.07, 6.45) is -6.79. The minimum absolute atomic E-state index is 0.258. The molecular formula is C12H18N2O7. The maximum absolute atomic E-state index is 11.3. The summed E-state index contributed by atoms with van der Waals surface area (Å²) in [5, 5.41) is 56.1. The Balaban J connectivity index is 2.14. The summed E-state index contributed by atoms with van der Waals surface area (Å²) in [4.78, 5) is 11.3. The number of carbonyl (C=O) groups is 1. The Morgan fingerprint density at radius 1 is 1.29 bits per heavy atom. The Morgan fingerprint density at radius 3 is 2.52 bits per heavy atom. The zero-order valence-corrected chi connectivity index (χ0v) is 11.0. The molecule has 0 aromatic carbocycles. The van der Waals surface area contributed by atoms with Crippen molar-refractivity contribution in [3.8, 4) is 0 Å². The first-order chi connectivity index (χ1) is 9.82. The van der Waals surface area contributed by atoms with E-state index >= 15 is 0 Å². The van der Waals surface area contributed by atoms with E-state index in [0.717, 1.165) is 0 Å². The summed E-state index contributed by atoms with van der Waals surface area (Å²) >= 11 is 0. The Kier molecular flexibility index (Phi) is 3.07. The van der Waals surface area contributed by atoms with Crippen LogP contribution in [0.2, 0.25) is 0 Å². The van der Waals surface area contributed by atoms with Crippen molar-refractivity contribution in [1.82, 2.24) is 10.6 Å².